The van der Waals surface area contributed by atoms with E-state index in [4.69, 9.17) is 5.84 Å². The van der Waals surface area contributed by atoms with Crippen molar-refractivity contribution in [3.8, 4) is 0 Å². The molecule has 1 aromatic carbocycles. The Hall–Kier alpha value is -1.30. The maximum Gasteiger partial charge on any atom is 0.0669 e. The lowest BCUT2D eigenvalue weighted by atomic mass is 10.0. The summed E-state index contributed by atoms with van der Waals surface area (Å²) in [7, 11) is 0. The molecular weight excluding hydrogens is 232 g/mol. The first-order valence-corrected chi connectivity index (χ1v) is 6.45. The number of hydrogen-bond acceptors (Lipinski definition) is 5. The normalized spacial score (nSPS) is 12.5. The molecule has 5 heteroatoms. The molecule has 1 heterocycles. The number of aromatic nitrogens is 2. The second kappa shape index (κ2) is 6.44. The minimum absolute atomic E-state index is 0.165. The molecule has 0 aliphatic heterocycles. The molecule has 0 amide bonds. The van der Waals surface area contributed by atoms with Gasteiger partial charge in [-0.25, -0.2) is 0 Å². The van der Waals surface area contributed by atoms with Gasteiger partial charge < -0.3 is 0 Å². The highest BCUT2D eigenvalue weighted by Crippen LogP contribution is 2.20. The molecule has 17 heavy (non-hydrogen) atoms. The SMILES string of the molecule is NNC(CCCc1ccccc1)c1cnns1. The van der Waals surface area contributed by atoms with Crippen molar-refractivity contribution in [1.29, 1.82) is 0 Å². The van der Waals surface area contributed by atoms with Crippen molar-refractivity contribution in [1.82, 2.24) is 15.0 Å². The van der Waals surface area contributed by atoms with Crippen molar-refractivity contribution < 1.29 is 0 Å². The molecule has 2 rings (SSSR count). The molecule has 0 fully saturated rings. The fraction of sp³-hybridized carbons (Fsp3) is 0.333. The molecule has 0 saturated carbocycles. The lowest BCUT2D eigenvalue weighted by Gasteiger charge is -2.12. The van der Waals surface area contributed by atoms with Crippen LogP contribution >= 0.6 is 11.5 Å². The molecule has 0 saturated heterocycles. The van der Waals surface area contributed by atoms with E-state index in [1.165, 1.54) is 17.1 Å². The van der Waals surface area contributed by atoms with Crippen LogP contribution in [-0.4, -0.2) is 9.59 Å². The summed E-state index contributed by atoms with van der Waals surface area (Å²) < 4.78 is 3.85. The number of nitrogens with zero attached hydrogens (tertiary/aromatic N) is 2. The summed E-state index contributed by atoms with van der Waals surface area (Å²) in [6.45, 7) is 0. The number of aryl methyl sites for hydroxylation is 1. The fourth-order valence-electron chi connectivity index (χ4n) is 1.79. The molecule has 3 N–H and O–H groups in total. The second-order valence-electron chi connectivity index (χ2n) is 3.92. The van der Waals surface area contributed by atoms with Crippen molar-refractivity contribution in [2.24, 2.45) is 5.84 Å². The second-order valence-corrected chi connectivity index (χ2v) is 4.73. The van der Waals surface area contributed by atoms with Crippen LogP contribution in [0, 0.1) is 0 Å². The van der Waals surface area contributed by atoms with Gasteiger partial charge in [0.25, 0.3) is 0 Å². The topological polar surface area (TPSA) is 63.8 Å². The first-order chi connectivity index (χ1) is 8.40. The van der Waals surface area contributed by atoms with Gasteiger partial charge in [-0.05, 0) is 36.4 Å². The predicted octanol–water partition coefficient (Wildman–Crippen LogP) is 2.07. The minimum atomic E-state index is 0.165. The Morgan fingerprint density at radius 2 is 2.12 bits per heavy atom. The average molecular weight is 248 g/mol. The lowest BCUT2D eigenvalue weighted by molar-refractivity contribution is 0.505. The van der Waals surface area contributed by atoms with Crippen LogP contribution in [0.25, 0.3) is 0 Å². The molecule has 0 spiro atoms. The van der Waals surface area contributed by atoms with E-state index in [1.807, 2.05) is 6.07 Å². The molecule has 4 nitrogen and oxygen atoms in total. The van der Waals surface area contributed by atoms with E-state index in [0.717, 1.165) is 24.1 Å². The number of hydrogen-bond donors (Lipinski definition) is 2. The first kappa shape index (κ1) is 12.2. The van der Waals surface area contributed by atoms with Gasteiger partial charge in [0.2, 0.25) is 0 Å². The Bertz CT molecular complexity index is 415. The highest BCUT2D eigenvalue weighted by molar-refractivity contribution is 7.05. The van der Waals surface area contributed by atoms with Crippen LogP contribution in [0.1, 0.15) is 29.3 Å². The summed E-state index contributed by atoms with van der Waals surface area (Å²) in [6.07, 6.45) is 4.94. The predicted molar refractivity (Wildman–Crippen MR) is 69.4 cm³/mol. The van der Waals surface area contributed by atoms with Crippen molar-refractivity contribution in [3.63, 3.8) is 0 Å². The third-order valence-corrected chi connectivity index (χ3v) is 3.50. The largest absolute Gasteiger partial charge is 0.271 e. The highest BCUT2D eigenvalue weighted by Gasteiger charge is 2.11. The summed E-state index contributed by atoms with van der Waals surface area (Å²) in [6, 6.07) is 10.6. The van der Waals surface area contributed by atoms with Gasteiger partial charge in [-0.15, -0.1) is 5.10 Å². The van der Waals surface area contributed by atoms with Crippen LogP contribution in [0.4, 0.5) is 0 Å². The molecule has 90 valence electrons. The Balaban J connectivity index is 1.81. The van der Waals surface area contributed by atoms with E-state index >= 15 is 0 Å². The summed E-state index contributed by atoms with van der Waals surface area (Å²) >= 11 is 1.40. The Labute approximate surface area is 105 Å². The zero-order valence-corrected chi connectivity index (χ0v) is 10.4. The fourth-order valence-corrected chi connectivity index (χ4v) is 2.39. The molecule has 1 atom stereocenters. The minimum Gasteiger partial charge on any atom is -0.271 e. The third kappa shape index (κ3) is 3.59. The van der Waals surface area contributed by atoms with E-state index in [-0.39, 0.29) is 6.04 Å². The highest BCUT2D eigenvalue weighted by atomic mass is 32.1. The maximum absolute atomic E-state index is 5.54. The van der Waals surface area contributed by atoms with Gasteiger partial charge in [-0.1, -0.05) is 34.8 Å². The van der Waals surface area contributed by atoms with E-state index in [2.05, 4.69) is 39.3 Å². The molecular formula is C12H16N4S. The third-order valence-electron chi connectivity index (χ3n) is 2.72. The summed E-state index contributed by atoms with van der Waals surface area (Å²) in [4.78, 5) is 1.10. The van der Waals surface area contributed by atoms with Crippen molar-refractivity contribution in [2.45, 2.75) is 25.3 Å². The van der Waals surface area contributed by atoms with Gasteiger partial charge in [-0.2, -0.15) is 0 Å². The Morgan fingerprint density at radius 3 is 2.76 bits per heavy atom. The molecule has 0 aliphatic rings. The van der Waals surface area contributed by atoms with Gasteiger partial charge in [0, 0.05) is 0 Å². The molecule has 2 aromatic rings. The van der Waals surface area contributed by atoms with Crippen LogP contribution in [-0.2, 0) is 6.42 Å². The standard InChI is InChI=1S/C12H16N4S/c13-15-11(12-9-14-16-17-12)8-4-7-10-5-2-1-3-6-10/h1-3,5-6,9,11,15H,4,7-8,13H2. The molecule has 1 unspecified atom stereocenters. The molecule has 0 radical (unpaired) electrons. The van der Waals surface area contributed by atoms with Gasteiger partial charge in [-0.3, -0.25) is 11.3 Å². The summed E-state index contributed by atoms with van der Waals surface area (Å²) in [5.41, 5.74) is 4.19. The van der Waals surface area contributed by atoms with E-state index in [0.29, 0.717) is 0 Å². The van der Waals surface area contributed by atoms with Crippen LogP contribution in [0.2, 0.25) is 0 Å². The number of nitrogens with one attached hydrogen (secondary N) is 1. The monoisotopic (exact) mass is 248 g/mol. The number of rotatable bonds is 6. The number of benzene rings is 1. The van der Waals surface area contributed by atoms with Crippen molar-refractivity contribution in [3.05, 3.63) is 47.0 Å². The number of hydrazine groups is 1. The quantitative estimate of drug-likeness (QED) is 0.607. The van der Waals surface area contributed by atoms with E-state index in [1.54, 1.807) is 6.20 Å². The van der Waals surface area contributed by atoms with Crippen molar-refractivity contribution >= 4 is 11.5 Å². The average Bonchev–Trinajstić information content (AvgIpc) is 2.90. The summed E-state index contributed by atoms with van der Waals surface area (Å²) in [5.74, 6) is 5.54. The van der Waals surface area contributed by atoms with Gasteiger partial charge >= 0.3 is 0 Å². The van der Waals surface area contributed by atoms with Crippen LogP contribution in [0.3, 0.4) is 0 Å². The van der Waals surface area contributed by atoms with Crippen LogP contribution < -0.4 is 11.3 Å². The van der Waals surface area contributed by atoms with E-state index in [9.17, 15) is 0 Å². The summed E-state index contributed by atoms with van der Waals surface area (Å²) in [5, 5.41) is 3.83. The molecule has 0 aliphatic carbocycles. The maximum atomic E-state index is 5.54. The van der Waals surface area contributed by atoms with E-state index < -0.39 is 0 Å². The first-order valence-electron chi connectivity index (χ1n) is 5.67. The molecule has 0 bridgehead atoms. The zero-order valence-electron chi connectivity index (χ0n) is 9.54. The van der Waals surface area contributed by atoms with Gasteiger partial charge in [0.15, 0.2) is 0 Å². The van der Waals surface area contributed by atoms with Gasteiger partial charge in [0.05, 0.1) is 17.1 Å². The van der Waals surface area contributed by atoms with Crippen molar-refractivity contribution in [2.75, 3.05) is 0 Å². The van der Waals surface area contributed by atoms with Crippen LogP contribution in [0.5, 0.6) is 0 Å². The zero-order chi connectivity index (χ0) is 11.9. The molecule has 1 aromatic heterocycles. The van der Waals surface area contributed by atoms with Crippen LogP contribution in [0.15, 0.2) is 36.5 Å². The Kier molecular flexibility index (Phi) is 4.61. The van der Waals surface area contributed by atoms with Gasteiger partial charge in [0.1, 0.15) is 0 Å². The Morgan fingerprint density at radius 1 is 1.29 bits per heavy atom. The lowest BCUT2D eigenvalue weighted by Crippen LogP contribution is -2.27. The number of nitrogens with two attached hydrogens (primary N) is 1. The smallest absolute Gasteiger partial charge is 0.0669 e.